The first-order chi connectivity index (χ1) is 8.20. The van der Waals surface area contributed by atoms with Crippen LogP contribution in [0.3, 0.4) is 0 Å². The molecule has 5 nitrogen and oxygen atoms in total. The summed E-state index contributed by atoms with van der Waals surface area (Å²) in [6.45, 7) is 3.00. The number of carbonyl (C=O) groups excluding carboxylic acids is 1. The van der Waals surface area contributed by atoms with E-state index in [9.17, 15) is 4.79 Å². The van der Waals surface area contributed by atoms with Crippen molar-refractivity contribution in [2.45, 2.75) is 6.42 Å². The van der Waals surface area contributed by atoms with Gasteiger partial charge in [0.25, 0.3) is 0 Å². The fraction of sp³-hybridized carbons (Fsp3) is 0.545. The number of halogens is 1. The Morgan fingerprint density at radius 1 is 1.65 bits per heavy atom. The molecule has 0 spiro atoms. The van der Waals surface area contributed by atoms with Crippen molar-refractivity contribution in [3.05, 3.63) is 17.0 Å². The van der Waals surface area contributed by atoms with Crippen molar-refractivity contribution in [3.8, 4) is 0 Å². The number of nitrogens with one attached hydrogen (secondary N) is 1. The van der Waals surface area contributed by atoms with Gasteiger partial charge >= 0.3 is 0 Å². The van der Waals surface area contributed by atoms with E-state index in [0.717, 1.165) is 19.6 Å². The van der Waals surface area contributed by atoms with Crippen molar-refractivity contribution >= 4 is 23.7 Å². The van der Waals surface area contributed by atoms with Crippen LogP contribution >= 0.6 is 11.6 Å². The summed E-state index contributed by atoms with van der Waals surface area (Å²) in [6, 6.07) is 0. The average molecular weight is 255 g/mol. The molecular weight excluding hydrogens is 240 g/mol. The second-order valence-electron chi connectivity index (χ2n) is 4.34. The third-order valence-electron chi connectivity index (χ3n) is 3.00. The van der Waals surface area contributed by atoms with Gasteiger partial charge in [-0.2, -0.15) is 0 Å². The van der Waals surface area contributed by atoms with Gasteiger partial charge in [0, 0.05) is 13.1 Å². The van der Waals surface area contributed by atoms with Crippen molar-refractivity contribution in [1.82, 2.24) is 14.9 Å². The van der Waals surface area contributed by atoms with Crippen molar-refractivity contribution in [3.63, 3.8) is 0 Å². The van der Waals surface area contributed by atoms with Crippen LogP contribution in [0.2, 0.25) is 5.15 Å². The van der Waals surface area contributed by atoms with Gasteiger partial charge < -0.3 is 10.2 Å². The molecule has 1 saturated heterocycles. The summed E-state index contributed by atoms with van der Waals surface area (Å²) < 4.78 is 0. The van der Waals surface area contributed by atoms with Crippen LogP contribution in [0, 0.1) is 5.92 Å². The second-order valence-corrected chi connectivity index (χ2v) is 4.70. The van der Waals surface area contributed by atoms with Crippen LogP contribution in [-0.4, -0.2) is 47.8 Å². The fourth-order valence-corrected chi connectivity index (χ4v) is 2.23. The third kappa shape index (κ3) is 2.92. The van der Waals surface area contributed by atoms with Crippen molar-refractivity contribution in [2.75, 3.05) is 32.0 Å². The van der Waals surface area contributed by atoms with E-state index in [0.29, 0.717) is 23.6 Å². The van der Waals surface area contributed by atoms with E-state index < -0.39 is 0 Å². The molecule has 1 aromatic heterocycles. The lowest BCUT2D eigenvalue weighted by Crippen LogP contribution is -2.20. The molecule has 0 bridgehead atoms. The summed E-state index contributed by atoms with van der Waals surface area (Å²) >= 11 is 5.82. The number of carbonyl (C=O) groups is 1. The van der Waals surface area contributed by atoms with Crippen molar-refractivity contribution < 1.29 is 4.79 Å². The molecule has 92 valence electrons. The van der Waals surface area contributed by atoms with Gasteiger partial charge in [0.1, 0.15) is 17.3 Å². The standard InChI is InChI=1S/C11H15ClN4O/c1-16-3-2-8(5-16)4-13-11-9(6-17)10(12)14-7-15-11/h6-8H,2-5H2,1H3,(H,13,14,15). The maximum atomic E-state index is 10.9. The van der Waals surface area contributed by atoms with Crippen LogP contribution in [0.5, 0.6) is 0 Å². The maximum absolute atomic E-state index is 10.9. The molecule has 17 heavy (non-hydrogen) atoms. The van der Waals surface area contributed by atoms with E-state index in [4.69, 9.17) is 11.6 Å². The zero-order chi connectivity index (χ0) is 12.3. The minimum Gasteiger partial charge on any atom is -0.369 e. The monoisotopic (exact) mass is 254 g/mol. The van der Waals surface area contributed by atoms with Crippen LogP contribution in [-0.2, 0) is 0 Å². The third-order valence-corrected chi connectivity index (χ3v) is 3.30. The first kappa shape index (κ1) is 12.3. The Kier molecular flexibility index (Phi) is 3.91. The summed E-state index contributed by atoms with van der Waals surface area (Å²) in [5.74, 6) is 1.11. The smallest absolute Gasteiger partial charge is 0.156 e. The number of aldehydes is 1. The quantitative estimate of drug-likeness (QED) is 0.649. The normalized spacial score (nSPS) is 20.5. The SMILES string of the molecule is CN1CCC(CNc2ncnc(Cl)c2C=O)C1. The number of nitrogens with zero attached hydrogens (tertiary/aromatic N) is 3. The molecule has 0 radical (unpaired) electrons. The zero-order valence-electron chi connectivity index (χ0n) is 9.69. The molecule has 1 atom stereocenters. The lowest BCUT2D eigenvalue weighted by atomic mass is 10.1. The molecular formula is C11H15ClN4O. The first-order valence-electron chi connectivity index (χ1n) is 5.58. The van der Waals surface area contributed by atoms with Crippen molar-refractivity contribution in [2.24, 2.45) is 5.92 Å². The van der Waals surface area contributed by atoms with Gasteiger partial charge in [-0.15, -0.1) is 0 Å². The Morgan fingerprint density at radius 3 is 3.12 bits per heavy atom. The van der Waals surface area contributed by atoms with Gasteiger partial charge in [-0.1, -0.05) is 11.6 Å². The van der Waals surface area contributed by atoms with E-state index in [1.807, 2.05) is 0 Å². The number of hydrogen-bond donors (Lipinski definition) is 1. The van der Waals surface area contributed by atoms with Crippen LogP contribution < -0.4 is 5.32 Å². The van der Waals surface area contributed by atoms with Crippen LogP contribution in [0.25, 0.3) is 0 Å². The zero-order valence-corrected chi connectivity index (χ0v) is 10.4. The average Bonchev–Trinajstić information content (AvgIpc) is 2.72. The molecule has 0 aromatic carbocycles. The molecule has 0 amide bonds. The van der Waals surface area contributed by atoms with Crippen molar-refractivity contribution in [1.29, 1.82) is 0 Å². The van der Waals surface area contributed by atoms with Crippen LogP contribution in [0.1, 0.15) is 16.8 Å². The molecule has 0 saturated carbocycles. The number of anilines is 1. The van der Waals surface area contributed by atoms with Gasteiger partial charge in [0.05, 0.1) is 5.56 Å². The van der Waals surface area contributed by atoms with E-state index in [1.165, 1.54) is 12.7 Å². The van der Waals surface area contributed by atoms with Crippen LogP contribution in [0.4, 0.5) is 5.82 Å². The Bertz CT molecular complexity index is 412. The van der Waals surface area contributed by atoms with E-state index in [-0.39, 0.29) is 5.15 Å². The Balaban J connectivity index is 1.99. The summed E-state index contributed by atoms with van der Waals surface area (Å²) in [5.41, 5.74) is 0.334. The highest BCUT2D eigenvalue weighted by Gasteiger charge is 2.19. The largest absolute Gasteiger partial charge is 0.369 e. The molecule has 1 N–H and O–H groups in total. The van der Waals surface area contributed by atoms with E-state index >= 15 is 0 Å². The van der Waals surface area contributed by atoms with Gasteiger partial charge in [0.15, 0.2) is 6.29 Å². The van der Waals surface area contributed by atoms with Gasteiger partial charge in [-0.3, -0.25) is 4.79 Å². The maximum Gasteiger partial charge on any atom is 0.156 e. The van der Waals surface area contributed by atoms with E-state index in [2.05, 4.69) is 27.2 Å². The molecule has 1 unspecified atom stereocenters. The second kappa shape index (κ2) is 5.42. The minimum atomic E-state index is 0.195. The Labute approximate surface area is 105 Å². The minimum absolute atomic E-state index is 0.195. The molecule has 2 rings (SSSR count). The van der Waals surface area contributed by atoms with Crippen LogP contribution in [0.15, 0.2) is 6.33 Å². The Hall–Kier alpha value is -1.20. The highest BCUT2D eigenvalue weighted by atomic mass is 35.5. The molecule has 1 fully saturated rings. The van der Waals surface area contributed by atoms with Gasteiger partial charge in [-0.05, 0) is 25.9 Å². The highest BCUT2D eigenvalue weighted by molar-refractivity contribution is 6.32. The molecule has 0 aliphatic carbocycles. The van der Waals surface area contributed by atoms with Gasteiger partial charge in [-0.25, -0.2) is 9.97 Å². The molecule has 1 aliphatic rings. The molecule has 1 aliphatic heterocycles. The summed E-state index contributed by atoms with van der Waals surface area (Å²) in [4.78, 5) is 21.0. The number of aromatic nitrogens is 2. The molecule has 2 heterocycles. The van der Waals surface area contributed by atoms with Gasteiger partial charge in [0.2, 0.25) is 0 Å². The molecule has 1 aromatic rings. The predicted molar refractivity (Wildman–Crippen MR) is 66.5 cm³/mol. The predicted octanol–water partition coefficient (Wildman–Crippen LogP) is 1.31. The number of hydrogen-bond acceptors (Lipinski definition) is 5. The summed E-state index contributed by atoms with van der Waals surface area (Å²) in [7, 11) is 2.11. The fourth-order valence-electron chi connectivity index (χ4n) is 2.05. The molecule has 6 heteroatoms. The number of rotatable bonds is 4. The first-order valence-corrected chi connectivity index (χ1v) is 5.96. The number of likely N-dealkylation sites (tertiary alicyclic amines) is 1. The Morgan fingerprint density at radius 2 is 2.47 bits per heavy atom. The summed E-state index contributed by atoms with van der Waals surface area (Å²) in [6.07, 6.45) is 3.21. The van der Waals surface area contributed by atoms with E-state index in [1.54, 1.807) is 0 Å². The lowest BCUT2D eigenvalue weighted by Gasteiger charge is -2.13. The lowest BCUT2D eigenvalue weighted by molar-refractivity contribution is 0.112. The topological polar surface area (TPSA) is 58.1 Å². The highest BCUT2D eigenvalue weighted by Crippen LogP contribution is 2.19. The summed E-state index contributed by atoms with van der Waals surface area (Å²) in [5, 5.41) is 3.37.